The molecule has 5 rings (SSSR count). The van der Waals surface area contributed by atoms with Crippen LogP contribution < -0.4 is 5.32 Å². The van der Waals surface area contributed by atoms with Crippen LogP contribution in [-0.4, -0.2) is 76.0 Å². The van der Waals surface area contributed by atoms with Crippen LogP contribution in [0.15, 0.2) is 41.5 Å². The Morgan fingerprint density at radius 1 is 1.10 bits per heavy atom. The molecule has 3 fully saturated rings. The fourth-order valence-corrected chi connectivity index (χ4v) is 8.64. The van der Waals surface area contributed by atoms with Crippen molar-refractivity contribution < 1.29 is 43.6 Å². The van der Waals surface area contributed by atoms with Crippen molar-refractivity contribution in [2.75, 3.05) is 6.61 Å². The SMILES string of the molecule is CC(=O)N[C@H]1C[C@H]2OC[C@@]2(OC(C)=O)C2C(OC(=O)c3ccccc3)[C@]3(O)C[C@H](O)C(C)=C([C@@H](C)C(=O)[C@@]21C)C3(C)C. The van der Waals surface area contributed by atoms with Crippen LogP contribution in [-0.2, 0) is 28.6 Å². The summed E-state index contributed by atoms with van der Waals surface area (Å²) < 4.78 is 18.3. The number of amides is 1. The number of rotatable bonds is 4. The Labute approximate surface area is 245 Å². The minimum Gasteiger partial charge on any atom is -0.455 e. The van der Waals surface area contributed by atoms with E-state index in [1.54, 1.807) is 65.0 Å². The highest BCUT2D eigenvalue weighted by atomic mass is 16.6. The molecule has 1 saturated heterocycles. The van der Waals surface area contributed by atoms with Gasteiger partial charge in [0.25, 0.3) is 0 Å². The van der Waals surface area contributed by atoms with Crippen LogP contribution >= 0.6 is 0 Å². The highest BCUT2D eigenvalue weighted by molar-refractivity contribution is 5.93. The van der Waals surface area contributed by atoms with Gasteiger partial charge in [-0.25, -0.2) is 4.79 Å². The van der Waals surface area contributed by atoms with Crippen molar-refractivity contribution in [2.45, 2.75) is 96.9 Å². The lowest BCUT2D eigenvalue weighted by atomic mass is 9.43. The summed E-state index contributed by atoms with van der Waals surface area (Å²) in [6, 6.07) is 7.48. The van der Waals surface area contributed by atoms with Crippen LogP contribution in [0.4, 0.5) is 0 Å². The van der Waals surface area contributed by atoms with E-state index in [1.807, 2.05) is 0 Å². The van der Waals surface area contributed by atoms with Crippen LogP contribution in [0.2, 0.25) is 0 Å². The van der Waals surface area contributed by atoms with Crippen molar-refractivity contribution >= 4 is 23.6 Å². The number of aliphatic hydroxyl groups is 2. The number of fused-ring (bicyclic) bond motifs is 5. The number of hydrogen-bond acceptors (Lipinski definition) is 9. The Morgan fingerprint density at radius 2 is 1.74 bits per heavy atom. The number of carbonyl (C=O) groups is 4. The summed E-state index contributed by atoms with van der Waals surface area (Å²) in [6.07, 6.45) is -3.35. The molecule has 2 unspecified atom stereocenters. The maximum atomic E-state index is 14.9. The highest BCUT2D eigenvalue weighted by Gasteiger charge is 2.77. The zero-order valence-corrected chi connectivity index (χ0v) is 25.2. The molecule has 2 bridgehead atoms. The molecule has 3 aliphatic carbocycles. The van der Waals surface area contributed by atoms with E-state index in [2.05, 4.69) is 5.32 Å². The predicted octanol–water partition coefficient (Wildman–Crippen LogP) is 2.50. The van der Waals surface area contributed by atoms with E-state index in [9.17, 15) is 29.4 Å². The fourth-order valence-electron chi connectivity index (χ4n) is 8.64. The third kappa shape index (κ3) is 4.09. The first-order chi connectivity index (χ1) is 19.5. The molecule has 0 spiro atoms. The fraction of sp³-hybridized carbons (Fsp3) is 0.625. The molecule has 10 nitrogen and oxygen atoms in total. The van der Waals surface area contributed by atoms with E-state index in [0.29, 0.717) is 11.1 Å². The number of Topliss-reactive ketones (excluding diaryl/α,β-unsaturated/α-hetero) is 1. The summed E-state index contributed by atoms with van der Waals surface area (Å²) in [5.74, 6) is -3.94. The monoisotopic (exact) mass is 583 g/mol. The molecule has 42 heavy (non-hydrogen) atoms. The number of ketones is 1. The molecule has 3 N–H and O–H groups in total. The lowest BCUT2D eigenvalue weighted by Gasteiger charge is -2.68. The molecule has 4 aliphatic rings. The molecule has 1 aliphatic heterocycles. The first-order valence-corrected chi connectivity index (χ1v) is 14.5. The van der Waals surface area contributed by atoms with Crippen LogP contribution in [0, 0.1) is 22.7 Å². The molecule has 1 aromatic carbocycles. The van der Waals surface area contributed by atoms with E-state index in [-0.39, 0.29) is 36.7 Å². The average Bonchev–Trinajstić information content (AvgIpc) is 2.90. The van der Waals surface area contributed by atoms with Crippen LogP contribution in [0.5, 0.6) is 0 Å². The van der Waals surface area contributed by atoms with E-state index >= 15 is 0 Å². The molecule has 1 heterocycles. The number of hydrogen-bond donors (Lipinski definition) is 3. The van der Waals surface area contributed by atoms with Gasteiger partial charge < -0.3 is 29.7 Å². The maximum Gasteiger partial charge on any atom is 0.338 e. The van der Waals surface area contributed by atoms with E-state index < -0.39 is 70.2 Å². The summed E-state index contributed by atoms with van der Waals surface area (Å²) in [4.78, 5) is 53.9. The van der Waals surface area contributed by atoms with Crippen LogP contribution in [0.3, 0.4) is 0 Å². The van der Waals surface area contributed by atoms with E-state index in [4.69, 9.17) is 14.2 Å². The van der Waals surface area contributed by atoms with Gasteiger partial charge in [-0.15, -0.1) is 0 Å². The van der Waals surface area contributed by atoms with Gasteiger partial charge >= 0.3 is 11.9 Å². The van der Waals surface area contributed by atoms with Gasteiger partial charge in [0.1, 0.15) is 23.6 Å². The van der Waals surface area contributed by atoms with Gasteiger partial charge in [0, 0.05) is 37.6 Å². The minimum absolute atomic E-state index is 0.0911. The van der Waals surface area contributed by atoms with Crippen LogP contribution in [0.1, 0.15) is 71.7 Å². The predicted molar refractivity (Wildman–Crippen MR) is 150 cm³/mol. The van der Waals surface area contributed by atoms with Gasteiger partial charge in [0.05, 0.1) is 29.6 Å². The molecule has 2 saturated carbocycles. The van der Waals surface area contributed by atoms with Crippen LogP contribution in [0.25, 0.3) is 0 Å². The lowest BCUT2D eigenvalue weighted by Crippen LogP contribution is -2.82. The van der Waals surface area contributed by atoms with Crippen molar-refractivity contribution in [3.8, 4) is 0 Å². The van der Waals surface area contributed by atoms with Gasteiger partial charge in [0.2, 0.25) is 5.91 Å². The topological polar surface area (TPSA) is 148 Å². The number of aliphatic hydroxyl groups excluding tert-OH is 1. The zero-order chi connectivity index (χ0) is 31.0. The molecule has 228 valence electrons. The van der Waals surface area contributed by atoms with Gasteiger partial charge in [-0.1, -0.05) is 45.9 Å². The molecular weight excluding hydrogens is 542 g/mol. The number of esters is 2. The van der Waals surface area contributed by atoms with Crippen molar-refractivity contribution in [2.24, 2.45) is 22.7 Å². The number of benzene rings is 1. The van der Waals surface area contributed by atoms with Crippen molar-refractivity contribution in [3.63, 3.8) is 0 Å². The maximum absolute atomic E-state index is 14.9. The molecular formula is C32H41NO9. The van der Waals surface area contributed by atoms with E-state index in [1.165, 1.54) is 13.8 Å². The summed E-state index contributed by atoms with van der Waals surface area (Å²) in [5.41, 5.74) is -4.65. The van der Waals surface area contributed by atoms with E-state index in [0.717, 1.165) is 0 Å². The van der Waals surface area contributed by atoms with Crippen molar-refractivity contribution in [1.82, 2.24) is 5.32 Å². The highest BCUT2D eigenvalue weighted by Crippen LogP contribution is 2.64. The second kappa shape index (κ2) is 9.99. The van der Waals surface area contributed by atoms with Crippen molar-refractivity contribution in [3.05, 3.63) is 47.0 Å². The first-order valence-electron chi connectivity index (χ1n) is 14.5. The molecule has 9 atom stereocenters. The van der Waals surface area contributed by atoms with Gasteiger partial charge in [-0.2, -0.15) is 0 Å². The summed E-state index contributed by atoms with van der Waals surface area (Å²) in [7, 11) is 0. The third-order valence-corrected chi connectivity index (χ3v) is 10.7. The molecule has 0 radical (unpaired) electrons. The zero-order valence-electron chi connectivity index (χ0n) is 25.2. The summed E-state index contributed by atoms with van der Waals surface area (Å²) in [6.45, 7) is 11.3. The Kier molecular flexibility index (Phi) is 7.23. The Morgan fingerprint density at radius 3 is 2.29 bits per heavy atom. The van der Waals surface area contributed by atoms with Crippen molar-refractivity contribution in [1.29, 1.82) is 0 Å². The molecule has 1 aromatic rings. The normalized spacial score (nSPS) is 40.4. The molecule has 10 heteroatoms. The quantitative estimate of drug-likeness (QED) is 0.359. The van der Waals surface area contributed by atoms with Gasteiger partial charge in [0.15, 0.2) is 5.60 Å². The number of ether oxygens (including phenoxy) is 3. The van der Waals surface area contributed by atoms with Gasteiger partial charge in [-0.05, 0) is 36.6 Å². The third-order valence-electron chi connectivity index (χ3n) is 10.7. The van der Waals surface area contributed by atoms with Gasteiger partial charge in [-0.3, -0.25) is 14.4 Å². The lowest BCUT2D eigenvalue weighted by molar-refractivity contribution is -0.335. The minimum atomic E-state index is -1.92. The number of carbonyl (C=O) groups excluding carboxylic acids is 4. The molecule has 0 aromatic heterocycles. The number of nitrogens with one attached hydrogen (secondary N) is 1. The smallest absolute Gasteiger partial charge is 0.338 e. The standard InChI is InChI=1S/C32H41NO9/c1-16-21(36)14-32(39)27(41-28(38)20-11-9-8-10-12-20)25-30(7,26(37)17(2)24(16)29(32,5)6)22(33-18(3)34)13-23-31(25,15-40-23)42-19(4)35/h8-12,17,21-23,25,27,36,39H,13-15H2,1-7H3,(H,33,34)/t17-,21+,22+,23-,25?,27?,30-,31+,32-/m1/s1. The summed E-state index contributed by atoms with van der Waals surface area (Å²) in [5, 5.41) is 27.2. The summed E-state index contributed by atoms with van der Waals surface area (Å²) >= 11 is 0. The largest absolute Gasteiger partial charge is 0.455 e. The average molecular weight is 584 g/mol. The Hall–Kier alpha value is -3.08. The Bertz CT molecular complexity index is 1350. The first kappa shape index (κ1) is 30.4. The Balaban J connectivity index is 1.84. The second-order valence-corrected chi connectivity index (χ2v) is 13.2. The second-order valence-electron chi connectivity index (χ2n) is 13.2. The molecule has 1 amide bonds.